The molecular formula is C24H19FN6OS. The van der Waals surface area contributed by atoms with E-state index < -0.39 is 11.7 Å². The molecule has 0 aliphatic rings. The number of nitrogens with zero attached hydrogens (tertiary/aromatic N) is 5. The fourth-order valence-corrected chi connectivity index (χ4v) is 4.11. The minimum atomic E-state index is -0.443. The monoisotopic (exact) mass is 458 g/mol. The molecule has 3 heterocycles. The summed E-state index contributed by atoms with van der Waals surface area (Å²) in [5.41, 5.74) is 2.21. The molecule has 164 valence electrons. The summed E-state index contributed by atoms with van der Waals surface area (Å²) in [6, 6.07) is 17.4. The lowest BCUT2D eigenvalue weighted by molar-refractivity contribution is 0.101. The Morgan fingerprint density at radius 1 is 1.12 bits per heavy atom. The lowest BCUT2D eigenvalue weighted by atomic mass is 10.2. The molecule has 9 heteroatoms. The second kappa shape index (κ2) is 8.79. The van der Waals surface area contributed by atoms with Gasteiger partial charge in [0.1, 0.15) is 11.6 Å². The maximum absolute atomic E-state index is 13.8. The van der Waals surface area contributed by atoms with Gasteiger partial charge in [-0.15, -0.1) is 16.4 Å². The van der Waals surface area contributed by atoms with Crippen molar-refractivity contribution in [3.63, 3.8) is 0 Å². The third kappa shape index (κ3) is 4.44. The largest absolute Gasteiger partial charge is 0.331 e. The van der Waals surface area contributed by atoms with Gasteiger partial charge in [-0.2, -0.15) is 0 Å². The number of aromatic nitrogens is 5. The molecule has 0 saturated carbocycles. The molecule has 5 rings (SSSR count). The highest BCUT2D eigenvalue weighted by Gasteiger charge is 2.20. The van der Waals surface area contributed by atoms with Crippen molar-refractivity contribution in [3.8, 4) is 16.4 Å². The molecular weight excluding hydrogens is 439 g/mol. The molecule has 33 heavy (non-hydrogen) atoms. The van der Waals surface area contributed by atoms with Crippen LogP contribution < -0.4 is 5.32 Å². The molecule has 0 aliphatic carbocycles. The van der Waals surface area contributed by atoms with Gasteiger partial charge in [0.25, 0.3) is 5.91 Å². The number of carbonyl (C=O) groups excluding carboxylic acids is 1. The highest BCUT2D eigenvalue weighted by molar-refractivity contribution is 7.13. The van der Waals surface area contributed by atoms with Crippen LogP contribution in [0.4, 0.5) is 10.1 Å². The minimum Gasteiger partial charge on any atom is -0.331 e. The van der Waals surface area contributed by atoms with Crippen LogP contribution in [0.15, 0.2) is 78.4 Å². The zero-order valence-corrected chi connectivity index (χ0v) is 18.5. The van der Waals surface area contributed by atoms with E-state index >= 15 is 0 Å². The number of carbonyl (C=O) groups is 1. The average Bonchev–Trinajstić information content (AvgIpc) is 3.56. The molecule has 0 radical (unpaired) electrons. The van der Waals surface area contributed by atoms with Crippen molar-refractivity contribution < 1.29 is 9.18 Å². The summed E-state index contributed by atoms with van der Waals surface area (Å²) in [6.45, 7) is 2.65. The molecule has 0 atom stereocenters. The SMILES string of the molecule is Cc1nccn1Cc1ccc(NC(=O)c2nc(-c3cccs3)n(-c3cccc(F)c3)n2)cc1. The molecule has 0 unspecified atom stereocenters. The zero-order valence-electron chi connectivity index (χ0n) is 17.6. The number of nitrogens with one attached hydrogen (secondary N) is 1. The van der Waals surface area contributed by atoms with Crippen LogP contribution in [0.2, 0.25) is 0 Å². The summed E-state index contributed by atoms with van der Waals surface area (Å²) in [5, 5.41) is 9.12. The third-order valence-electron chi connectivity index (χ3n) is 5.09. The van der Waals surface area contributed by atoms with Crippen molar-refractivity contribution in [1.82, 2.24) is 24.3 Å². The predicted octanol–water partition coefficient (Wildman–Crippen LogP) is 4.94. The number of amides is 1. The lowest BCUT2D eigenvalue weighted by Crippen LogP contribution is -2.14. The number of thiophene rings is 1. The van der Waals surface area contributed by atoms with E-state index in [1.165, 1.54) is 28.2 Å². The number of halogens is 1. The Balaban J connectivity index is 1.38. The predicted molar refractivity (Wildman–Crippen MR) is 125 cm³/mol. The van der Waals surface area contributed by atoms with Crippen LogP contribution in [0.3, 0.4) is 0 Å². The quantitative estimate of drug-likeness (QED) is 0.391. The molecule has 1 amide bonds. The molecule has 0 aliphatic heterocycles. The van der Waals surface area contributed by atoms with Crippen LogP contribution in [0.1, 0.15) is 22.0 Å². The fourth-order valence-electron chi connectivity index (χ4n) is 3.41. The summed E-state index contributed by atoms with van der Waals surface area (Å²) >= 11 is 1.47. The summed E-state index contributed by atoms with van der Waals surface area (Å²) in [5.74, 6) is 0.583. The van der Waals surface area contributed by atoms with Crippen LogP contribution in [0.5, 0.6) is 0 Å². The van der Waals surface area contributed by atoms with Gasteiger partial charge in [0, 0.05) is 24.6 Å². The molecule has 1 N–H and O–H groups in total. The molecule has 0 spiro atoms. The van der Waals surface area contributed by atoms with Gasteiger partial charge in [-0.1, -0.05) is 24.3 Å². The number of imidazole rings is 1. The number of anilines is 1. The standard InChI is InChI=1S/C24H19FN6OS/c1-16-26-11-12-30(16)15-17-7-9-19(10-8-17)27-24(32)22-28-23(21-6-3-13-33-21)31(29-22)20-5-2-4-18(25)14-20/h2-14H,15H2,1H3,(H,27,32). The first-order valence-corrected chi connectivity index (χ1v) is 11.1. The normalized spacial score (nSPS) is 11.0. The van der Waals surface area contributed by atoms with Gasteiger partial charge in [-0.05, 0) is 54.3 Å². The molecule has 5 aromatic rings. The van der Waals surface area contributed by atoms with Crippen molar-refractivity contribution in [2.24, 2.45) is 0 Å². The Bertz CT molecular complexity index is 1410. The number of rotatable bonds is 6. The molecule has 7 nitrogen and oxygen atoms in total. The van der Waals surface area contributed by atoms with E-state index in [9.17, 15) is 9.18 Å². The average molecular weight is 459 g/mol. The first-order chi connectivity index (χ1) is 16.1. The van der Waals surface area contributed by atoms with E-state index in [-0.39, 0.29) is 5.82 Å². The van der Waals surface area contributed by atoms with Gasteiger partial charge in [0.15, 0.2) is 5.82 Å². The van der Waals surface area contributed by atoms with Crippen LogP contribution in [0, 0.1) is 12.7 Å². The fraction of sp³-hybridized carbons (Fsp3) is 0.0833. The topological polar surface area (TPSA) is 77.6 Å². The molecule has 0 fully saturated rings. The maximum Gasteiger partial charge on any atom is 0.295 e. The third-order valence-corrected chi connectivity index (χ3v) is 5.96. The smallest absolute Gasteiger partial charge is 0.295 e. The lowest BCUT2D eigenvalue weighted by Gasteiger charge is -2.07. The van der Waals surface area contributed by atoms with Gasteiger partial charge in [0.05, 0.1) is 10.6 Å². The Morgan fingerprint density at radius 2 is 1.97 bits per heavy atom. The van der Waals surface area contributed by atoms with Gasteiger partial charge < -0.3 is 9.88 Å². The highest BCUT2D eigenvalue weighted by Crippen LogP contribution is 2.26. The summed E-state index contributed by atoms with van der Waals surface area (Å²) in [7, 11) is 0. The second-order valence-electron chi connectivity index (χ2n) is 7.38. The number of hydrogen-bond acceptors (Lipinski definition) is 5. The van der Waals surface area contributed by atoms with Crippen molar-refractivity contribution >= 4 is 22.9 Å². The molecule has 3 aromatic heterocycles. The Hall–Kier alpha value is -4.11. The van der Waals surface area contributed by atoms with E-state index in [2.05, 4.69) is 20.4 Å². The number of benzene rings is 2. The van der Waals surface area contributed by atoms with Crippen molar-refractivity contribution in [3.05, 3.63) is 101 Å². The van der Waals surface area contributed by atoms with Crippen LogP contribution >= 0.6 is 11.3 Å². The van der Waals surface area contributed by atoms with Crippen molar-refractivity contribution in [1.29, 1.82) is 0 Å². The molecule has 0 bridgehead atoms. The number of aryl methyl sites for hydroxylation is 1. The van der Waals surface area contributed by atoms with E-state index in [0.717, 1.165) is 16.3 Å². The van der Waals surface area contributed by atoms with Crippen LogP contribution in [0.25, 0.3) is 16.4 Å². The molecule has 0 saturated heterocycles. The van der Waals surface area contributed by atoms with E-state index in [1.807, 2.05) is 59.5 Å². The van der Waals surface area contributed by atoms with Crippen molar-refractivity contribution in [2.75, 3.05) is 5.32 Å². The maximum atomic E-state index is 13.8. The van der Waals surface area contributed by atoms with Gasteiger partial charge in [0.2, 0.25) is 5.82 Å². The summed E-state index contributed by atoms with van der Waals surface area (Å²) in [6.07, 6.45) is 3.70. The Kier molecular flexibility index (Phi) is 5.54. The van der Waals surface area contributed by atoms with E-state index in [0.29, 0.717) is 23.7 Å². The highest BCUT2D eigenvalue weighted by atomic mass is 32.1. The summed E-state index contributed by atoms with van der Waals surface area (Å²) in [4.78, 5) is 22.4. The van der Waals surface area contributed by atoms with Gasteiger partial charge in [-0.25, -0.2) is 19.0 Å². The number of hydrogen-bond donors (Lipinski definition) is 1. The minimum absolute atomic E-state index is 0.000720. The van der Waals surface area contributed by atoms with E-state index in [1.54, 1.807) is 18.3 Å². The first kappa shape index (κ1) is 20.8. The van der Waals surface area contributed by atoms with Gasteiger partial charge >= 0.3 is 0 Å². The van der Waals surface area contributed by atoms with Gasteiger partial charge in [-0.3, -0.25) is 4.79 Å². The second-order valence-corrected chi connectivity index (χ2v) is 8.33. The zero-order chi connectivity index (χ0) is 22.8. The summed E-state index contributed by atoms with van der Waals surface area (Å²) < 4.78 is 17.3. The van der Waals surface area contributed by atoms with Crippen molar-refractivity contribution in [2.45, 2.75) is 13.5 Å². The Labute approximate surface area is 193 Å². The molecule has 2 aromatic carbocycles. The first-order valence-electron chi connectivity index (χ1n) is 10.2. The van der Waals surface area contributed by atoms with Crippen LogP contribution in [-0.2, 0) is 6.54 Å². The van der Waals surface area contributed by atoms with E-state index in [4.69, 9.17) is 0 Å². The Morgan fingerprint density at radius 3 is 2.67 bits per heavy atom. The van der Waals surface area contributed by atoms with Crippen LogP contribution in [-0.4, -0.2) is 30.2 Å².